The second kappa shape index (κ2) is 11.3. The average molecular weight is 551 g/mol. The zero-order chi connectivity index (χ0) is 27.7. The molecular formula is C28H38N8O4. The lowest BCUT2D eigenvalue weighted by atomic mass is 9.91. The molecule has 2 unspecified atom stereocenters. The number of nitrogens with two attached hydrogens (primary N) is 1. The van der Waals surface area contributed by atoms with E-state index in [2.05, 4.69) is 33.9 Å². The molecule has 3 aromatic rings. The minimum atomic E-state index is -1.18. The summed E-state index contributed by atoms with van der Waals surface area (Å²) in [6, 6.07) is 4.32. The highest BCUT2D eigenvalue weighted by Crippen LogP contribution is 2.35. The highest BCUT2D eigenvalue weighted by molar-refractivity contribution is 5.66. The molecule has 3 saturated heterocycles. The van der Waals surface area contributed by atoms with E-state index in [1.807, 2.05) is 23.0 Å². The average Bonchev–Trinajstić information content (AvgIpc) is 3.43. The number of piperidine rings is 1. The van der Waals surface area contributed by atoms with E-state index in [1.54, 1.807) is 12.4 Å². The predicted molar refractivity (Wildman–Crippen MR) is 149 cm³/mol. The van der Waals surface area contributed by atoms with Crippen LogP contribution in [0.15, 0.2) is 30.7 Å². The van der Waals surface area contributed by atoms with Crippen molar-refractivity contribution in [1.29, 1.82) is 0 Å². The second-order valence-corrected chi connectivity index (χ2v) is 11.1. The van der Waals surface area contributed by atoms with Crippen LogP contribution in [-0.4, -0.2) is 93.9 Å². The Balaban J connectivity index is 1.31. The number of aromatic nitrogens is 5. The lowest BCUT2D eigenvalue weighted by molar-refractivity contribution is -0.0927. The van der Waals surface area contributed by atoms with Gasteiger partial charge in [0.2, 0.25) is 0 Å². The summed E-state index contributed by atoms with van der Waals surface area (Å²) in [5.74, 6) is 1.71. The standard InChI is InChI=1S/C28H38N8O4/c1-19-17-38-11-9-35(19)25-13-20(12-24(33-25)28(37)6-3-10-39-18-28)23-15-30-26(29)27(32-23)40-22-14-31-36(16-22)21-4-7-34(2)8-5-21/h12-16,19,21,37H,3-11,17-18H2,1-2H3,(H2,29,30). The molecule has 2 atom stereocenters. The van der Waals surface area contributed by atoms with Crippen LogP contribution in [-0.2, 0) is 15.1 Å². The van der Waals surface area contributed by atoms with Gasteiger partial charge in [-0.05, 0) is 64.9 Å². The van der Waals surface area contributed by atoms with Crippen LogP contribution >= 0.6 is 0 Å². The number of anilines is 2. The molecule has 6 rings (SSSR count). The fourth-order valence-corrected chi connectivity index (χ4v) is 5.64. The summed E-state index contributed by atoms with van der Waals surface area (Å²) in [7, 11) is 2.14. The molecule has 214 valence electrons. The predicted octanol–water partition coefficient (Wildman–Crippen LogP) is 2.60. The number of aliphatic hydroxyl groups is 1. The normalized spacial score (nSPS) is 24.8. The molecule has 0 aliphatic carbocycles. The number of morpholine rings is 1. The Morgan fingerprint density at radius 2 is 1.95 bits per heavy atom. The van der Waals surface area contributed by atoms with Crippen molar-refractivity contribution in [2.45, 2.75) is 50.3 Å². The molecule has 12 heteroatoms. The van der Waals surface area contributed by atoms with E-state index in [0.29, 0.717) is 56.0 Å². The van der Waals surface area contributed by atoms with Crippen molar-refractivity contribution in [3.05, 3.63) is 36.4 Å². The molecule has 3 aliphatic heterocycles. The number of nitrogen functional groups attached to an aromatic ring is 1. The Bertz CT molecular complexity index is 1320. The number of nitrogens with zero attached hydrogens (tertiary/aromatic N) is 7. The summed E-state index contributed by atoms with van der Waals surface area (Å²) in [5.41, 5.74) is 6.90. The SMILES string of the molecule is CC1COCCN1c1cc(-c2cnc(N)c(Oc3cnn(C4CCN(C)CC4)c3)n2)cc(C2(O)CCCOC2)n1. The maximum Gasteiger partial charge on any atom is 0.263 e. The minimum absolute atomic E-state index is 0.138. The first-order valence-corrected chi connectivity index (χ1v) is 14.1. The van der Waals surface area contributed by atoms with Gasteiger partial charge in [-0.25, -0.2) is 15.0 Å². The van der Waals surface area contributed by atoms with E-state index in [0.717, 1.165) is 43.7 Å². The van der Waals surface area contributed by atoms with Gasteiger partial charge in [-0.15, -0.1) is 0 Å². The zero-order valence-corrected chi connectivity index (χ0v) is 23.2. The Morgan fingerprint density at radius 1 is 1.10 bits per heavy atom. The molecule has 3 fully saturated rings. The molecule has 3 aliphatic rings. The van der Waals surface area contributed by atoms with Gasteiger partial charge in [0, 0.05) is 18.7 Å². The summed E-state index contributed by atoms with van der Waals surface area (Å²) < 4.78 is 19.3. The molecule has 12 nitrogen and oxygen atoms in total. The minimum Gasteiger partial charge on any atom is -0.433 e. The third-order valence-corrected chi connectivity index (χ3v) is 8.09. The maximum absolute atomic E-state index is 11.5. The Kier molecular flexibility index (Phi) is 7.58. The van der Waals surface area contributed by atoms with Gasteiger partial charge in [0.1, 0.15) is 11.4 Å². The first-order valence-electron chi connectivity index (χ1n) is 14.1. The zero-order valence-electron chi connectivity index (χ0n) is 23.2. The van der Waals surface area contributed by atoms with Crippen LogP contribution in [0.5, 0.6) is 11.6 Å². The van der Waals surface area contributed by atoms with Gasteiger partial charge in [-0.3, -0.25) is 4.68 Å². The molecule has 6 heterocycles. The first-order chi connectivity index (χ1) is 19.4. The Morgan fingerprint density at radius 3 is 2.73 bits per heavy atom. The van der Waals surface area contributed by atoms with Gasteiger partial charge in [0.25, 0.3) is 5.88 Å². The van der Waals surface area contributed by atoms with E-state index in [1.165, 1.54) is 0 Å². The van der Waals surface area contributed by atoms with Crippen molar-refractivity contribution in [2.24, 2.45) is 0 Å². The van der Waals surface area contributed by atoms with Crippen LogP contribution in [0.25, 0.3) is 11.3 Å². The highest BCUT2D eigenvalue weighted by Gasteiger charge is 2.35. The van der Waals surface area contributed by atoms with Crippen molar-refractivity contribution < 1.29 is 19.3 Å². The molecule has 0 aromatic carbocycles. The van der Waals surface area contributed by atoms with Crippen molar-refractivity contribution in [3.63, 3.8) is 0 Å². The number of pyridine rings is 1. The number of hydrogen-bond donors (Lipinski definition) is 2. The van der Waals surface area contributed by atoms with Crippen molar-refractivity contribution in [2.75, 3.05) is 63.7 Å². The van der Waals surface area contributed by atoms with Crippen LogP contribution < -0.4 is 15.4 Å². The molecule has 40 heavy (non-hydrogen) atoms. The van der Waals surface area contributed by atoms with Crippen LogP contribution in [0.2, 0.25) is 0 Å². The topological polar surface area (TPSA) is 137 Å². The molecule has 3 aromatic heterocycles. The quantitative estimate of drug-likeness (QED) is 0.468. The van der Waals surface area contributed by atoms with E-state index in [9.17, 15) is 5.11 Å². The third-order valence-electron chi connectivity index (χ3n) is 8.09. The van der Waals surface area contributed by atoms with E-state index >= 15 is 0 Å². The summed E-state index contributed by atoms with van der Waals surface area (Å²) in [6.45, 7) is 6.95. The van der Waals surface area contributed by atoms with Gasteiger partial charge in [0.15, 0.2) is 11.6 Å². The molecular weight excluding hydrogens is 512 g/mol. The first kappa shape index (κ1) is 26.9. The largest absolute Gasteiger partial charge is 0.433 e. The summed E-state index contributed by atoms with van der Waals surface area (Å²) in [5, 5.41) is 16.0. The summed E-state index contributed by atoms with van der Waals surface area (Å²) in [6.07, 6.45) is 8.62. The molecule has 0 bridgehead atoms. The molecule has 0 spiro atoms. The van der Waals surface area contributed by atoms with Crippen LogP contribution in [0.3, 0.4) is 0 Å². The lowest BCUT2D eigenvalue weighted by Gasteiger charge is -2.36. The van der Waals surface area contributed by atoms with Gasteiger partial charge in [0.05, 0.1) is 61.9 Å². The number of likely N-dealkylation sites (tertiary alicyclic amines) is 1. The van der Waals surface area contributed by atoms with Crippen LogP contribution in [0, 0.1) is 0 Å². The van der Waals surface area contributed by atoms with Crippen molar-refractivity contribution in [1.82, 2.24) is 29.6 Å². The fourth-order valence-electron chi connectivity index (χ4n) is 5.64. The van der Waals surface area contributed by atoms with E-state index in [-0.39, 0.29) is 24.3 Å². The van der Waals surface area contributed by atoms with Gasteiger partial charge < -0.3 is 34.9 Å². The Labute approximate surface area is 234 Å². The maximum atomic E-state index is 11.5. The fraction of sp³-hybridized carbons (Fsp3) is 0.571. The number of ether oxygens (including phenoxy) is 3. The van der Waals surface area contributed by atoms with E-state index in [4.69, 9.17) is 29.9 Å². The van der Waals surface area contributed by atoms with Gasteiger partial charge >= 0.3 is 0 Å². The molecule has 0 saturated carbocycles. The number of rotatable bonds is 6. The summed E-state index contributed by atoms with van der Waals surface area (Å²) >= 11 is 0. The number of hydrogen-bond acceptors (Lipinski definition) is 11. The molecule has 3 N–H and O–H groups in total. The van der Waals surface area contributed by atoms with Crippen LogP contribution in [0.4, 0.5) is 11.6 Å². The third kappa shape index (κ3) is 5.62. The van der Waals surface area contributed by atoms with E-state index < -0.39 is 5.60 Å². The Hall–Kier alpha value is -3.32. The van der Waals surface area contributed by atoms with Crippen LogP contribution in [0.1, 0.15) is 44.3 Å². The molecule has 0 radical (unpaired) electrons. The van der Waals surface area contributed by atoms with Gasteiger partial charge in [-0.2, -0.15) is 5.10 Å². The highest BCUT2D eigenvalue weighted by atomic mass is 16.5. The lowest BCUT2D eigenvalue weighted by Crippen LogP contribution is -2.44. The second-order valence-electron chi connectivity index (χ2n) is 11.1. The summed E-state index contributed by atoms with van der Waals surface area (Å²) in [4.78, 5) is 18.6. The monoisotopic (exact) mass is 550 g/mol. The molecule has 0 amide bonds. The smallest absolute Gasteiger partial charge is 0.263 e. The van der Waals surface area contributed by atoms with Crippen molar-refractivity contribution >= 4 is 11.6 Å². The van der Waals surface area contributed by atoms with Crippen molar-refractivity contribution in [3.8, 4) is 22.9 Å². The van der Waals surface area contributed by atoms with Gasteiger partial charge in [-0.1, -0.05) is 0 Å².